The van der Waals surface area contributed by atoms with E-state index in [4.69, 9.17) is 14.2 Å². The molecule has 0 aliphatic carbocycles. The van der Waals surface area contributed by atoms with Crippen LogP contribution in [0.4, 0.5) is 0 Å². The van der Waals surface area contributed by atoms with Crippen LogP contribution in [0.1, 0.15) is 17.2 Å². The molecule has 3 rings (SSSR count). The standard InChI is InChI=1S/C15H14O5/c1-18-10-4-2-9(3-5-10)15(17)11-6-13-14(7-12(11)16)20-8-19-13/h2-7,15-17H,8H2,1H3. The van der Waals surface area contributed by atoms with E-state index >= 15 is 0 Å². The van der Waals surface area contributed by atoms with Crippen LogP contribution >= 0.6 is 0 Å². The summed E-state index contributed by atoms with van der Waals surface area (Å²) in [4.78, 5) is 0. The fourth-order valence-corrected chi connectivity index (χ4v) is 2.13. The number of rotatable bonds is 3. The van der Waals surface area contributed by atoms with E-state index in [9.17, 15) is 10.2 Å². The van der Waals surface area contributed by atoms with E-state index in [1.807, 2.05) is 0 Å². The minimum atomic E-state index is -0.949. The molecule has 0 aromatic heterocycles. The van der Waals surface area contributed by atoms with Crippen molar-refractivity contribution >= 4 is 0 Å². The highest BCUT2D eigenvalue weighted by Gasteiger charge is 2.21. The first-order valence-corrected chi connectivity index (χ1v) is 6.13. The summed E-state index contributed by atoms with van der Waals surface area (Å²) in [5.41, 5.74) is 1.03. The van der Waals surface area contributed by atoms with Crippen LogP contribution < -0.4 is 14.2 Å². The Labute approximate surface area is 116 Å². The van der Waals surface area contributed by atoms with Gasteiger partial charge >= 0.3 is 0 Å². The second-order valence-electron chi connectivity index (χ2n) is 4.44. The fourth-order valence-electron chi connectivity index (χ4n) is 2.13. The normalized spacial score (nSPS) is 14.1. The third-order valence-corrected chi connectivity index (χ3v) is 3.25. The monoisotopic (exact) mass is 274 g/mol. The molecular weight excluding hydrogens is 260 g/mol. The summed E-state index contributed by atoms with van der Waals surface area (Å²) >= 11 is 0. The van der Waals surface area contributed by atoms with Gasteiger partial charge in [0.1, 0.15) is 17.6 Å². The van der Waals surface area contributed by atoms with Gasteiger partial charge in [0.25, 0.3) is 0 Å². The Bertz CT molecular complexity index is 621. The number of benzene rings is 2. The number of aliphatic hydroxyl groups is 1. The van der Waals surface area contributed by atoms with Gasteiger partial charge in [0, 0.05) is 11.6 Å². The van der Waals surface area contributed by atoms with Gasteiger partial charge in [0.2, 0.25) is 6.79 Å². The number of phenolic OH excluding ortho intramolecular Hbond substituents is 1. The van der Waals surface area contributed by atoms with Crippen LogP contribution in [0.15, 0.2) is 36.4 Å². The lowest BCUT2D eigenvalue weighted by Gasteiger charge is -2.14. The van der Waals surface area contributed by atoms with E-state index in [1.165, 1.54) is 6.07 Å². The molecule has 1 aliphatic heterocycles. The van der Waals surface area contributed by atoms with Gasteiger partial charge in [-0.05, 0) is 23.8 Å². The second kappa shape index (κ2) is 4.94. The van der Waals surface area contributed by atoms with Crippen LogP contribution in [-0.4, -0.2) is 24.1 Å². The number of aromatic hydroxyl groups is 1. The van der Waals surface area contributed by atoms with Gasteiger partial charge in [-0.1, -0.05) is 12.1 Å². The first-order chi connectivity index (χ1) is 9.69. The third-order valence-electron chi connectivity index (χ3n) is 3.25. The van der Waals surface area contributed by atoms with Crippen LogP contribution in [0, 0.1) is 0 Å². The van der Waals surface area contributed by atoms with Crippen LogP contribution in [0.2, 0.25) is 0 Å². The van der Waals surface area contributed by atoms with Crippen molar-refractivity contribution in [3.05, 3.63) is 47.5 Å². The molecule has 0 spiro atoms. The average molecular weight is 274 g/mol. The molecule has 0 saturated carbocycles. The Morgan fingerprint density at radius 1 is 1.10 bits per heavy atom. The van der Waals surface area contributed by atoms with Crippen molar-refractivity contribution in [2.24, 2.45) is 0 Å². The maximum absolute atomic E-state index is 10.4. The van der Waals surface area contributed by atoms with E-state index in [1.54, 1.807) is 37.4 Å². The first-order valence-electron chi connectivity index (χ1n) is 6.13. The molecule has 2 aromatic rings. The van der Waals surface area contributed by atoms with Gasteiger partial charge < -0.3 is 24.4 Å². The molecule has 5 nitrogen and oxygen atoms in total. The zero-order valence-electron chi connectivity index (χ0n) is 10.9. The lowest BCUT2D eigenvalue weighted by Crippen LogP contribution is -2.00. The van der Waals surface area contributed by atoms with Gasteiger partial charge in [-0.3, -0.25) is 0 Å². The van der Waals surface area contributed by atoms with Gasteiger partial charge in [-0.25, -0.2) is 0 Å². The van der Waals surface area contributed by atoms with E-state index in [0.717, 1.165) is 0 Å². The van der Waals surface area contributed by atoms with E-state index in [0.29, 0.717) is 28.4 Å². The van der Waals surface area contributed by atoms with Gasteiger partial charge in [0.15, 0.2) is 11.5 Å². The Hall–Kier alpha value is -2.40. The highest BCUT2D eigenvalue weighted by atomic mass is 16.7. The molecule has 104 valence electrons. The maximum Gasteiger partial charge on any atom is 0.231 e. The van der Waals surface area contributed by atoms with Crippen molar-refractivity contribution in [2.45, 2.75) is 6.10 Å². The van der Waals surface area contributed by atoms with Crippen molar-refractivity contribution in [1.29, 1.82) is 0 Å². The highest BCUT2D eigenvalue weighted by Crippen LogP contribution is 2.41. The molecule has 1 unspecified atom stereocenters. The van der Waals surface area contributed by atoms with Crippen LogP contribution in [0.5, 0.6) is 23.0 Å². The highest BCUT2D eigenvalue weighted by molar-refractivity contribution is 5.53. The SMILES string of the molecule is COc1ccc(C(O)c2cc3c(cc2O)OCO3)cc1. The lowest BCUT2D eigenvalue weighted by atomic mass is 10.00. The average Bonchev–Trinajstić information content (AvgIpc) is 2.93. The van der Waals surface area contributed by atoms with Crippen LogP contribution in [0.3, 0.4) is 0 Å². The molecule has 20 heavy (non-hydrogen) atoms. The predicted octanol–water partition coefficient (Wildman–Crippen LogP) is 2.21. The van der Waals surface area contributed by atoms with Crippen LogP contribution in [-0.2, 0) is 0 Å². The molecule has 1 atom stereocenters. The largest absolute Gasteiger partial charge is 0.507 e. The number of methoxy groups -OCH3 is 1. The molecule has 5 heteroatoms. The summed E-state index contributed by atoms with van der Waals surface area (Å²) < 4.78 is 15.5. The number of aliphatic hydroxyl groups excluding tert-OH is 1. The summed E-state index contributed by atoms with van der Waals surface area (Å²) in [5, 5.41) is 20.4. The summed E-state index contributed by atoms with van der Waals surface area (Å²) in [6.07, 6.45) is -0.949. The van der Waals surface area contributed by atoms with Crippen molar-refractivity contribution < 1.29 is 24.4 Å². The molecule has 0 radical (unpaired) electrons. The molecule has 2 aromatic carbocycles. The minimum Gasteiger partial charge on any atom is -0.507 e. The summed E-state index contributed by atoms with van der Waals surface area (Å²) in [5.74, 6) is 1.67. The van der Waals surface area contributed by atoms with Gasteiger partial charge in [0.05, 0.1) is 7.11 Å². The molecule has 1 aliphatic rings. The topological polar surface area (TPSA) is 68.2 Å². The van der Waals surface area contributed by atoms with Crippen molar-refractivity contribution in [3.8, 4) is 23.0 Å². The summed E-state index contributed by atoms with van der Waals surface area (Å²) in [7, 11) is 1.58. The molecule has 0 fully saturated rings. The zero-order chi connectivity index (χ0) is 14.1. The third kappa shape index (κ3) is 2.12. The zero-order valence-corrected chi connectivity index (χ0v) is 10.9. The number of ether oxygens (including phenoxy) is 3. The van der Waals surface area contributed by atoms with Crippen molar-refractivity contribution in [1.82, 2.24) is 0 Å². The quantitative estimate of drug-likeness (QED) is 0.898. The second-order valence-corrected chi connectivity index (χ2v) is 4.44. The van der Waals surface area contributed by atoms with Crippen LogP contribution in [0.25, 0.3) is 0 Å². The number of hydrogen-bond donors (Lipinski definition) is 2. The Morgan fingerprint density at radius 3 is 2.40 bits per heavy atom. The van der Waals surface area contributed by atoms with Crippen molar-refractivity contribution in [2.75, 3.05) is 13.9 Å². The van der Waals surface area contributed by atoms with Crippen molar-refractivity contribution in [3.63, 3.8) is 0 Å². The molecule has 0 bridgehead atoms. The Balaban J connectivity index is 1.95. The number of hydrogen-bond acceptors (Lipinski definition) is 5. The first kappa shape index (κ1) is 12.6. The van der Waals surface area contributed by atoms with E-state index in [-0.39, 0.29) is 12.5 Å². The molecule has 2 N–H and O–H groups in total. The number of phenols is 1. The molecule has 0 saturated heterocycles. The fraction of sp³-hybridized carbons (Fsp3) is 0.200. The Kier molecular flexibility index (Phi) is 3.12. The predicted molar refractivity (Wildman–Crippen MR) is 71.3 cm³/mol. The molecular formula is C15H14O5. The number of fused-ring (bicyclic) bond motifs is 1. The smallest absolute Gasteiger partial charge is 0.231 e. The van der Waals surface area contributed by atoms with Gasteiger partial charge in [-0.15, -0.1) is 0 Å². The minimum absolute atomic E-state index is 0.0300. The van der Waals surface area contributed by atoms with Gasteiger partial charge in [-0.2, -0.15) is 0 Å². The molecule has 0 amide bonds. The molecule has 1 heterocycles. The maximum atomic E-state index is 10.4. The lowest BCUT2D eigenvalue weighted by molar-refractivity contribution is 0.173. The Morgan fingerprint density at radius 2 is 1.75 bits per heavy atom. The van der Waals surface area contributed by atoms with E-state index < -0.39 is 6.10 Å². The van der Waals surface area contributed by atoms with E-state index in [2.05, 4.69) is 0 Å². The summed E-state index contributed by atoms with van der Waals surface area (Å²) in [6, 6.07) is 10.0. The summed E-state index contributed by atoms with van der Waals surface area (Å²) in [6.45, 7) is 0.122.